The molecule has 0 unspecified atom stereocenters. The fourth-order valence-electron chi connectivity index (χ4n) is 2.79. The Labute approximate surface area is 162 Å². The van der Waals surface area contributed by atoms with Gasteiger partial charge in [-0.3, -0.25) is 6.08 Å². The first-order valence-corrected chi connectivity index (χ1v) is 7.43. The fraction of sp³-hybridized carbons (Fsp3) is 0.556. The van der Waals surface area contributed by atoms with Crippen molar-refractivity contribution in [1.29, 1.82) is 0 Å². The molecule has 0 bridgehead atoms. The van der Waals surface area contributed by atoms with Gasteiger partial charge < -0.3 is 24.8 Å². The Morgan fingerprint density at radius 3 is 2.29 bits per heavy atom. The molecule has 1 saturated carbocycles. The Balaban J connectivity index is 0. The van der Waals surface area contributed by atoms with Crippen molar-refractivity contribution in [2.75, 3.05) is 0 Å². The van der Waals surface area contributed by atoms with E-state index in [4.69, 9.17) is 0 Å². The monoisotopic (exact) mass is 400 g/mol. The molecule has 0 amide bonds. The smallest absolute Gasteiger partial charge is 1.00 e. The van der Waals surface area contributed by atoms with E-state index in [0.717, 1.165) is 12.3 Å². The first-order chi connectivity index (χ1) is 8.90. The largest absolute Gasteiger partial charge is 4.00 e. The van der Waals surface area contributed by atoms with Gasteiger partial charge in [-0.05, 0) is 18.8 Å². The van der Waals surface area contributed by atoms with Crippen molar-refractivity contribution in [3.63, 3.8) is 0 Å². The summed E-state index contributed by atoms with van der Waals surface area (Å²) < 4.78 is 0. The average Bonchev–Trinajstić information content (AvgIpc) is 3.14. The fourth-order valence-corrected chi connectivity index (χ4v) is 2.79. The summed E-state index contributed by atoms with van der Waals surface area (Å²) in [5, 5.41) is 0. The SMILES string of the molecule is CCC1=[C-]C(C2CCCCC2)=CC1.[C-]1=CC=CC1.[Cl-].[Cl-].[Zr+4]. The van der Waals surface area contributed by atoms with Gasteiger partial charge in [0.2, 0.25) is 0 Å². The minimum Gasteiger partial charge on any atom is -1.00 e. The molecule has 0 aliphatic heterocycles. The predicted molar refractivity (Wildman–Crippen MR) is 77.9 cm³/mol. The summed E-state index contributed by atoms with van der Waals surface area (Å²) in [7, 11) is 0. The normalized spacial score (nSPS) is 19.3. The van der Waals surface area contributed by atoms with Gasteiger partial charge in [-0.15, -0.1) is 6.42 Å². The summed E-state index contributed by atoms with van der Waals surface area (Å²) >= 11 is 0. The summed E-state index contributed by atoms with van der Waals surface area (Å²) in [6.45, 7) is 2.24. The van der Waals surface area contributed by atoms with E-state index in [0.29, 0.717) is 0 Å². The van der Waals surface area contributed by atoms with E-state index in [1.165, 1.54) is 56.1 Å². The van der Waals surface area contributed by atoms with Crippen molar-refractivity contribution in [2.45, 2.75) is 58.3 Å². The molecule has 0 aromatic rings. The molecule has 0 aromatic carbocycles. The van der Waals surface area contributed by atoms with Gasteiger partial charge >= 0.3 is 26.2 Å². The summed E-state index contributed by atoms with van der Waals surface area (Å²) in [6.07, 6.45) is 25.5. The third-order valence-corrected chi connectivity index (χ3v) is 3.95. The Hall–Kier alpha value is 0.423. The second-order valence-electron chi connectivity index (χ2n) is 5.28. The van der Waals surface area contributed by atoms with E-state index >= 15 is 0 Å². The zero-order valence-electron chi connectivity index (χ0n) is 12.8. The average molecular weight is 403 g/mol. The molecule has 0 radical (unpaired) electrons. The molecule has 3 heteroatoms. The van der Waals surface area contributed by atoms with Gasteiger partial charge in [0.15, 0.2) is 0 Å². The maximum atomic E-state index is 3.59. The molecule has 0 aromatic heterocycles. The quantitative estimate of drug-likeness (QED) is 0.539. The van der Waals surface area contributed by atoms with Gasteiger partial charge in [-0.2, -0.15) is 11.6 Å². The van der Waals surface area contributed by atoms with Gasteiger partial charge in [-0.1, -0.05) is 39.0 Å². The van der Waals surface area contributed by atoms with Gasteiger partial charge in [0.1, 0.15) is 0 Å². The topological polar surface area (TPSA) is 0 Å². The molecular weight excluding hydrogens is 378 g/mol. The standard InChI is InChI=1S/C13H19.C5H5.2ClH.Zr/c1-2-11-8-9-13(10-11)12-6-4-3-5-7-12;1-2-4-5-3-1;;;/h9,12H,2-8H2,1H3;1-3H,4H2;2*1H;/q2*-1;;;+4/p-2. The number of allylic oxidation sites excluding steroid dienone is 8. The molecule has 0 saturated heterocycles. The zero-order valence-corrected chi connectivity index (χ0v) is 16.8. The summed E-state index contributed by atoms with van der Waals surface area (Å²) in [5.74, 6) is 0.859. The molecule has 3 aliphatic rings. The molecule has 0 spiro atoms. The van der Waals surface area contributed by atoms with Crippen LogP contribution in [0.4, 0.5) is 0 Å². The van der Waals surface area contributed by atoms with E-state index < -0.39 is 0 Å². The molecule has 0 heterocycles. The van der Waals surface area contributed by atoms with E-state index in [1.54, 1.807) is 0 Å². The number of rotatable bonds is 2. The van der Waals surface area contributed by atoms with E-state index in [1.807, 2.05) is 12.2 Å². The van der Waals surface area contributed by atoms with Crippen molar-refractivity contribution < 1.29 is 51.0 Å². The van der Waals surface area contributed by atoms with E-state index in [9.17, 15) is 0 Å². The van der Waals surface area contributed by atoms with Crippen LogP contribution in [0.3, 0.4) is 0 Å². The van der Waals surface area contributed by atoms with E-state index in [2.05, 4.69) is 31.2 Å². The second kappa shape index (κ2) is 14.0. The van der Waals surface area contributed by atoms with Gasteiger partial charge in [-0.25, -0.2) is 29.9 Å². The van der Waals surface area contributed by atoms with Crippen molar-refractivity contribution in [1.82, 2.24) is 0 Å². The van der Waals surface area contributed by atoms with Crippen LogP contribution in [0.1, 0.15) is 58.3 Å². The number of hydrogen-bond donors (Lipinski definition) is 0. The molecule has 0 N–H and O–H groups in total. The minimum atomic E-state index is 0. The zero-order chi connectivity index (χ0) is 12.6. The van der Waals surface area contributed by atoms with Crippen LogP contribution in [0.25, 0.3) is 0 Å². The third-order valence-electron chi connectivity index (χ3n) is 3.95. The van der Waals surface area contributed by atoms with Gasteiger partial charge in [0, 0.05) is 0 Å². The van der Waals surface area contributed by atoms with Crippen molar-refractivity contribution in [2.24, 2.45) is 5.92 Å². The summed E-state index contributed by atoms with van der Waals surface area (Å²) in [4.78, 5) is 0. The maximum absolute atomic E-state index is 3.59. The molecular formula is C18H24Cl2Zr. The van der Waals surface area contributed by atoms with Crippen LogP contribution in [0.15, 0.2) is 35.5 Å². The summed E-state index contributed by atoms with van der Waals surface area (Å²) in [6, 6.07) is 0. The Bertz CT molecular complexity index is 365. The van der Waals surface area contributed by atoms with Crippen LogP contribution in [-0.4, -0.2) is 0 Å². The van der Waals surface area contributed by atoms with Crippen LogP contribution in [-0.2, 0) is 26.2 Å². The maximum Gasteiger partial charge on any atom is 4.00 e. The minimum absolute atomic E-state index is 0. The summed E-state index contributed by atoms with van der Waals surface area (Å²) in [5.41, 5.74) is 3.05. The van der Waals surface area contributed by atoms with Crippen LogP contribution in [0.5, 0.6) is 0 Å². The Morgan fingerprint density at radius 2 is 1.86 bits per heavy atom. The van der Waals surface area contributed by atoms with Gasteiger partial charge in [0.05, 0.1) is 0 Å². The first kappa shape index (κ1) is 23.7. The Kier molecular flexibility index (Phi) is 15.8. The van der Waals surface area contributed by atoms with Crippen LogP contribution in [0, 0.1) is 18.1 Å². The molecule has 1 fully saturated rings. The van der Waals surface area contributed by atoms with Gasteiger partial charge in [0.25, 0.3) is 0 Å². The van der Waals surface area contributed by atoms with Crippen molar-refractivity contribution >= 4 is 0 Å². The molecule has 0 atom stereocenters. The predicted octanol–water partition coefficient (Wildman–Crippen LogP) is -0.652. The van der Waals surface area contributed by atoms with Crippen molar-refractivity contribution in [3.05, 3.63) is 47.6 Å². The van der Waals surface area contributed by atoms with Crippen LogP contribution >= 0.6 is 0 Å². The van der Waals surface area contributed by atoms with Crippen molar-refractivity contribution in [3.8, 4) is 0 Å². The first-order valence-electron chi connectivity index (χ1n) is 7.43. The molecule has 3 rings (SSSR count). The molecule has 3 aliphatic carbocycles. The Morgan fingerprint density at radius 1 is 1.14 bits per heavy atom. The number of hydrogen-bond acceptors (Lipinski definition) is 0. The second-order valence-corrected chi connectivity index (χ2v) is 5.28. The number of halogens is 2. The molecule has 114 valence electrons. The van der Waals surface area contributed by atoms with Crippen LogP contribution in [0.2, 0.25) is 0 Å². The third kappa shape index (κ3) is 8.58. The van der Waals surface area contributed by atoms with Crippen LogP contribution < -0.4 is 24.8 Å². The van der Waals surface area contributed by atoms with E-state index in [-0.39, 0.29) is 51.0 Å². The molecule has 0 nitrogen and oxygen atoms in total. The molecule has 21 heavy (non-hydrogen) atoms.